The van der Waals surface area contributed by atoms with Crippen LogP contribution in [0.1, 0.15) is 20.3 Å². The molecule has 0 saturated carbocycles. The average Bonchev–Trinajstić information content (AvgIpc) is 2.17. The molecule has 1 aromatic carbocycles. The molecule has 0 saturated heterocycles. The summed E-state index contributed by atoms with van der Waals surface area (Å²) in [5.74, 6) is 0. The number of benzene rings is 1. The highest BCUT2D eigenvalue weighted by molar-refractivity contribution is 9.10. The zero-order valence-electron chi connectivity index (χ0n) is 8.60. The molecule has 0 aliphatic heterocycles. The molecular weight excluding hydrogens is 280 g/mol. The minimum Gasteiger partial charge on any atom is -0.263 e. The standard InChI is InChI=1S/C10H13BrO3S/c1-3-8(2)14-15(12,13)10-6-4-9(11)5-7-10/h4-8H,3H2,1-2H3. The Kier molecular flexibility index (Phi) is 4.31. The van der Waals surface area contributed by atoms with Gasteiger partial charge in [0.15, 0.2) is 0 Å². The van der Waals surface area contributed by atoms with Crippen molar-refractivity contribution in [1.82, 2.24) is 0 Å². The van der Waals surface area contributed by atoms with Gasteiger partial charge in [-0.2, -0.15) is 8.42 Å². The lowest BCUT2D eigenvalue weighted by atomic mass is 10.3. The Bertz CT molecular complexity index is 411. The van der Waals surface area contributed by atoms with Crippen molar-refractivity contribution < 1.29 is 12.6 Å². The Hall–Kier alpha value is -0.390. The maximum atomic E-state index is 11.7. The number of hydrogen-bond donors (Lipinski definition) is 0. The summed E-state index contributed by atoms with van der Waals surface area (Å²) in [5.41, 5.74) is 0. The van der Waals surface area contributed by atoms with Gasteiger partial charge in [-0.05, 0) is 37.6 Å². The van der Waals surface area contributed by atoms with Crippen LogP contribution < -0.4 is 0 Å². The predicted octanol–water partition coefficient (Wildman–Crippen LogP) is 2.95. The molecule has 1 atom stereocenters. The van der Waals surface area contributed by atoms with E-state index >= 15 is 0 Å². The molecule has 0 aliphatic rings. The Balaban J connectivity index is 2.91. The van der Waals surface area contributed by atoms with E-state index in [4.69, 9.17) is 4.18 Å². The smallest absolute Gasteiger partial charge is 0.263 e. The van der Waals surface area contributed by atoms with Crippen LogP contribution in [-0.4, -0.2) is 14.5 Å². The molecule has 0 spiro atoms. The van der Waals surface area contributed by atoms with Crippen molar-refractivity contribution in [2.75, 3.05) is 0 Å². The normalized spacial score (nSPS) is 13.8. The molecule has 1 aromatic rings. The summed E-state index contributed by atoms with van der Waals surface area (Å²) in [6.07, 6.45) is 0.370. The van der Waals surface area contributed by atoms with Crippen LogP contribution in [-0.2, 0) is 14.3 Å². The van der Waals surface area contributed by atoms with Crippen molar-refractivity contribution in [3.05, 3.63) is 28.7 Å². The van der Waals surface area contributed by atoms with Gasteiger partial charge >= 0.3 is 0 Å². The van der Waals surface area contributed by atoms with Crippen LogP contribution in [0.4, 0.5) is 0 Å². The highest BCUT2D eigenvalue weighted by Gasteiger charge is 2.17. The van der Waals surface area contributed by atoms with E-state index in [-0.39, 0.29) is 11.0 Å². The summed E-state index contributed by atoms with van der Waals surface area (Å²) < 4.78 is 29.2. The molecule has 1 rings (SSSR count). The van der Waals surface area contributed by atoms with Crippen molar-refractivity contribution in [2.24, 2.45) is 0 Å². The molecule has 0 N–H and O–H groups in total. The fourth-order valence-corrected chi connectivity index (χ4v) is 2.35. The van der Waals surface area contributed by atoms with E-state index in [2.05, 4.69) is 15.9 Å². The highest BCUT2D eigenvalue weighted by atomic mass is 79.9. The predicted molar refractivity (Wildman–Crippen MR) is 62.2 cm³/mol. The first-order valence-electron chi connectivity index (χ1n) is 4.64. The SMILES string of the molecule is CCC(C)OS(=O)(=O)c1ccc(Br)cc1. The summed E-state index contributed by atoms with van der Waals surface area (Å²) >= 11 is 3.24. The number of halogens is 1. The largest absolute Gasteiger partial charge is 0.297 e. The first-order chi connectivity index (χ1) is 6.95. The summed E-state index contributed by atoms with van der Waals surface area (Å²) in [6.45, 7) is 3.61. The third kappa shape index (κ3) is 3.59. The molecule has 5 heteroatoms. The Labute approximate surface area is 98.7 Å². The van der Waals surface area contributed by atoms with E-state index in [1.54, 1.807) is 19.1 Å². The molecule has 0 amide bonds. The van der Waals surface area contributed by atoms with E-state index in [1.807, 2.05) is 6.92 Å². The Morgan fingerprint density at radius 2 is 1.87 bits per heavy atom. The molecule has 0 heterocycles. The highest BCUT2D eigenvalue weighted by Crippen LogP contribution is 2.18. The molecular formula is C10H13BrO3S. The number of hydrogen-bond acceptors (Lipinski definition) is 3. The third-order valence-electron chi connectivity index (χ3n) is 1.97. The van der Waals surface area contributed by atoms with Crippen LogP contribution in [0.2, 0.25) is 0 Å². The van der Waals surface area contributed by atoms with Gasteiger partial charge in [0.25, 0.3) is 10.1 Å². The van der Waals surface area contributed by atoms with Crippen LogP contribution in [0.15, 0.2) is 33.6 Å². The Morgan fingerprint density at radius 1 is 1.33 bits per heavy atom. The minimum absolute atomic E-state index is 0.186. The van der Waals surface area contributed by atoms with Crippen LogP contribution in [0, 0.1) is 0 Å². The van der Waals surface area contributed by atoms with Crippen LogP contribution in [0.25, 0.3) is 0 Å². The van der Waals surface area contributed by atoms with Gasteiger partial charge in [0, 0.05) is 4.47 Å². The fourth-order valence-electron chi connectivity index (χ4n) is 0.941. The maximum Gasteiger partial charge on any atom is 0.297 e. The molecule has 0 bridgehead atoms. The summed E-state index contributed by atoms with van der Waals surface area (Å²) in [6, 6.07) is 6.38. The first kappa shape index (κ1) is 12.7. The third-order valence-corrected chi connectivity index (χ3v) is 3.93. The van der Waals surface area contributed by atoms with Crippen molar-refractivity contribution >= 4 is 26.0 Å². The van der Waals surface area contributed by atoms with Gasteiger partial charge in [-0.25, -0.2) is 0 Å². The first-order valence-corrected chi connectivity index (χ1v) is 6.84. The van der Waals surface area contributed by atoms with E-state index in [0.29, 0.717) is 6.42 Å². The lowest BCUT2D eigenvalue weighted by Gasteiger charge is -2.10. The maximum absolute atomic E-state index is 11.7. The lowest BCUT2D eigenvalue weighted by Crippen LogP contribution is -2.14. The molecule has 1 unspecified atom stereocenters. The minimum atomic E-state index is -3.61. The topological polar surface area (TPSA) is 43.4 Å². The zero-order valence-corrected chi connectivity index (χ0v) is 11.0. The van der Waals surface area contributed by atoms with E-state index in [1.165, 1.54) is 12.1 Å². The second-order valence-electron chi connectivity index (χ2n) is 3.22. The van der Waals surface area contributed by atoms with Gasteiger partial charge in [-0.3, -0.25) is 4.18 Å². The van der Waals surface area contributed by atoms with E-state index < -0.39 is 10.1 Å². The van der Waals surface area contributed by atoms with Crippen LogP contribution in [0.5, 0.6) is 0 Å². The van der Waals surface area contributed by atoms with Gasteiger partial charge in [0.05, 0.1) is 11.0 Å². The van der Waals surface area contributed by atoms with Gasteiger partial charge in [0.1, 0.15) is 0 Å². The van der Waals surface area contributed by atoms with Crippen molar-refractivity contribution in [3.63, 3.8) is 0 Å². The number of rotatable bonds is 4. The van der Waals surface area contributed by atoms with Gasteiger partial charge < -0.3 is 0 Å². The second-order valence-corrected chi connectivity index (χ2v) is 5.71. The summed E-state index contributed by atoms with van der Waals surface area (Å²) in [4.78, 5) is 0.186. The monoisotopic (exact) mass is 292 g/mol. The Morgan fingerprint density at radius 3 is 2.33 bits per heavy atom. The second kappa shape index (κ2) is 5.09. The van der Waals surface area contributed by atoms with Crippen LogP contribution >= 0.6 is 15.9 Å². The van der Waals surface area contributed by atoms with E-state index in [9.17, 15) is 8.42 Å². The lowest BCUT2D eigenvalue weighted by molar-refractivity contribution is 0.224. The summed E-state index contributed by atoms with van der Waals surface area (Å²) in [7, 11) is -3.61. The zero-order chi connectivity index (χ0) is 11.5. The summed E-state index contributed by atoms with van der Waals surface area (Å²) in [5, 5.41) is 0. The van der Waals surface area contributed by atoms with Gasteiger partial charge in [-0.1, -0.05) is 22.9 Å². The quantitative estimate of drug-likeness (QED) is 0.802. The molecule has 3 nitrogen and oxygen atoms in total. The van der Waals surface area contributed by atoms with Crippen molar-refractivity contribution in [1.29, 1.82) is 0 Å². The van der Waals surface area contributed by atoms with Crippen molar-refractivity contribution in [2.45, 2.75) is 31.3 Å². The van der Waals surface area contributed by atoms with Crippen molar-refractivity contribution in [3.8, 4) is 0 Å². The van der Waals surface area contributed by atoms with E-state index in [0.717, 1.165) is 4.47 Å². The van der Waals surface area contributed by atoms with Gasteiger partial charge in [-0.15, -0.1) is 0 Å². The fraction of sp³-hybridized carbons (Fsp3) is 0.400. The molecule has 0 radical (unpaired) electrons. The van der Waals surface area contributed by atoms with Crippen LogP contribution in [0.3, 0.4) is 0 Å². The average molecular weight is 293 g/mol. The molecule has 0 fully saturated rings. The molecule has 84 valence electrons. The molecule has 0 aliphatic carbocycles. The van der Waals surface area contributed by atoms with Gasteiger partial charge in [0.2, 0.25) is 0 Å². The molecule has 0 aromatic heterocycles. The molecule has 15 heavy (non-hydrogen) atoms.